The molecule has 0 bridgehead atoms. The van der Waals surface area contributed by atoms with Crippen LogP contribution in [0, 0.1) is 29.6 Å². The van der Waals surface area contributed by atoms with Crippen LogP contribution in [0.2, 0.25) is 0 Å². The SMILES string of the molecule is COc1ccc(Br)c(C)c1NC=C(C#N)C#N. The molecule has 0 radical (unpaired) electrons. The van der Waals surface area contributed by atoms with E-state index in [4.69, 9.17) is 15.3 Å². The molecule has 1 aromatic rings. The number of rotatable bonds is 3. The molecule has 1 rings (SSSR count). The third-order valence-corrected chi connectivity index (χ3v) is 3.04. The average molecular weight is 292 g/mol. The van der Waals surface area contributed by atoms with Gasteiger partial charge in [0, 0.05) is 10.7 Å². The van der Waals surface area contributed by atoms with Crippen LogP contribution in [-0.4, -0.2) is 7.11 Å². The fourth-order valence-electron chi connectivity index (χ4n) is 1.24. The van der Waals surface area contributed by atoms with Crippen molar-refractivity contribution < 1.29 is 4.74 Å². The molecule has 4 nitrogen and oxygen atoms in total. The number of allylic oxidation sites excluding steroid dienone is 1. The minimum atomic E-state index is 0.00595. The summed E-state index contributed by atoms with van der Waals surface area (Å²) in [4.78, 5) is 0. The van der Waals surface area contributed by atoms with Gasteiger partial charge < -0.3 is 10.1 Å². The van der Waals surface area contributed by atoms with Crippen LogP contribution in [-0.2, 0) is 0 Å². The maximum absolute atomic E-state index is 8.63. The molecule has 0 aliphatic rings. The summed E-state index contributed by atoms with van der Waals surface area (Å²) in [5, 5.41) is 20.2. The van der Waals surface area contributed by atoms with Crippen LogP contribution in [0.5, 0.6) is 5.75 Å². The Morgan fingerprint density at radius 3 is 2.59 bits per heavy atom. The van der Waals surface area contributed by atoms with Crippen LogP contribution in [0.4, 0.5) is 5.69 Å². The first-order chi connectivity index (χ1) is 8.13. The van der Waals surface area contributed by atoms with Crippen LogP contribution in [0.15, 0.2) is 28.4 Å². The van der Waals surface area contributed by atoms with E-state index in [1.54, 1.807) is 25.3 Å². The van der Waals surface area contributed by atoms with Gasteiger partial charge in [0.15, 0.2) is 0 Å². The topological polar surface area (TPSA) is 68.8 Å². The summed E-state index contributed by atoms with van der Waals surface area (Å²) in [6, 6.07) is 7.23. The van der Waals surface area contributed by atoms with E-state index in [2.05, 4.69) is 21.2 Å². The number of nitrogens with zero attached hydrogens (tertiary/aromatic N) is 2. The highest BCUT2D eigenvalue weighted by Gasteiger charge is 2.08. The van der Waals surface area contributed by atoms with Crippen LogP contribution < -0.4 is 10.1 Å². The van der Waals surface area contributed by atoms with E-state index in [0.717, 1.165) is 15.7 Å². The Labute approximate surface area is 108 Å². The van der Waals surface area contributed by atoms with Crippen molar-refractivity contribution >= 4 is 21.6 Å². The first-order valence-electron chi connectivity index (χ1n) is 4.74. The second-order valence-electron chi connectivity index (χ2n) is 3.18. The molecule has 0 amide bonds. The lowest BCUT2D eigenvalue weighted by Gasteiger charge is -2.12. The standard InChI is InChI=1S/C12H10BrN3O/c1-8-10(13)3-4-11(17-2)12(8)16-7-9(5-14)6-15/h3-4,7,16H,1-2H3. The first-order valence-corrected chi connectivity index (χ1v) is 5.53. The molecule has 0 heterocycles. The van der Waals surface area contributed by atoms with Crippen LogP contribution in [0.1, 0.15) is 5.56 Å². The van der Waals surface area contributed by atoms with Crippen molar-refractivity contribution in [2.24, 2.45) is 0 Å². The number of methoxy groups -OCH3 is 1. The van der Waals surface area contributed by atoms with Crippen molar-refractivity contribution in [1.29, 1.82) is 10.5 Å². The van der Waals surface area contributed by atoms with E-state index in [0.29, 0.717) is 5.75 Å². The summed E-state index contributed by atoms with van der Waals surface area (Å²) in [5.74, 6) is 0.650. The van der Waals surface area contributed by atoms with Gasteiger partial charge in [0.25, 0.3) is 0 Å². The van der Waals surface area contributed by atoms with Crippen molar-refractivity contribution in [2.45, 2.75) is 6.92 Å². The Morgan fingerprint density at radius 2 is 2.06 bits per heavy atom. The fourth-order valence-corrected chi connectivity index (χ4v) is 1.58. The summed E-state index contributed by atoms with van der Waals surface area (Å²) in [7, 11) is 1.56. The Morgan fingerprint density at radius 1 is 1.41 bits per heavy atom. The number of benzene rings is 1. The molecule has 1 aromatic carbocycles. The summed E-state index contributed by atoms with van der Waals surface area (Å²) in [5.41, 5.74) is 1.67. The monoisotopic (exact) mass is 291 g/mol. The molecule has 1 N–H and O–H groups in total. The number of halogens is 1. The van der Waals surface area contributed by atoms with Gasteiger partial charge in [-0.3, -0.25) is 0 Å². The highest BCUT2D eigenvalue weighted by atomic mass is 79.9. The molecule has 86 valence electrons. The molecule has 0 aromatic heterocycles. The summed E-state index contributed by atoms with van der Waals surface area (Å²) < 4.78 is 6.12. The van der Waals surface area contributed by atoms with Crippen molar-refractivity contribution in [3.63, 3.8) is 0 Å². The quantitative estimate of drug-likeness (QED) is 0.869. The minimum Gasteiger partial charge on any atom is -0.495 e. The number of ether oxygens (including phenoxy) is 1. The second-order valence-corrected chi connectivity index (χ2v) is 4.03. The lowest BCUT2D eigenvalue weighted by molar-refractivity contribution is 0.416. The number of hydrogen-bond donors (Lipinski definition) is 1. The Bertz CT molecular complexity index is 522. The molecule has 0 aliphatic carbocycles. The molecular weight excluding hydrogens is 282 g/mol. The van der Waals surface area contributed by atoms with Gasteiger partial charge >= 0.3 is 0 Å². The Hall–Kier alpha value is -1.98. The van der Waals surface area contributed by atoms with Crippen molar-refractivity contribution in [1.82, 2.24) is 0 Å². The van der Waals surface area contributed by atoms with Gasteiger partial charge in [-0.05, 0) is 24.6 Å². The van der Waals surface area contributed by atoms with E-state index < -0.39 is 0 Å². The van der Waals surface area contributed by atoms with Crippen molar-refractivity contribution in [3.05, 3.63) is 33.9 Å². The normalized spacial score (nSPS) is 8.76. The van der Waals surface area contributed by atoms with E-state index in [1.807, 2.05) is 13.0 Å². The molecule has 0 saturated carbocycles. The molecule has 0 spiro atoms. The van der Waals surface area contributed by atoms with Gasteiger partial charge in [-0.2, -0.15) is 10.5 Å². The summed E-state index contributed by atoms with van der Waals surface area (Å²) >= 11 is 3.40. The molecule has 0 unspecified atom stereocenters. The number of anilines is 1. The van der Waals surface area contributed by atoms with E-state index in [-0.39, 0.29) is 5.57 Å². The van der Waals surface area contributed by atoms with Crippen LogP contribution in [0.25, 0.3) is 0 Å². The Balaban J connectivity index is 3.15. The van der Waals surface area contributed by atoms with Gasteiger partial charge in [0.2, 0.25) is 0 Å². The number of hydrogen-bond acceptors (Lipinski definition) is 4. The smallest absolute Gasteiger partial charge is 0.145 e. The predicted octanol–water partition coefficient (Wildman–Crippen LogP) is 3.11. The molecular formula is C12H10BrN3O. The van der Waals surface area contributed by atoms with Crippen LogP contribution >= 0.6 is 15.9 Å². The van der Waals surface area contributed by atoms with Gasteiger partial charge in [0.1, 0.15) is 23.5 Å². The van der Waals surface area contributed by atoms with Crippen molar-refractivity contribution in [2.75, 3.05) is 12.4 Å². The maximum Gasteiger partial charge on any atom is 0.145 e. The summed E-state index contributed by atoms with van der Waals surface area (Å²) in [6.45, 7) is 1.90. The number of nitriles is 2. The van der Waals surface area contributed by atoms with Gasteiger partial charge in [0.05, 0.1) is 12.8 Å². The van der Waals surface area contributed by atoms with E-state index in [1.165, 1.54) is 6.20 Å². The average Bonchev–Trinajstić information content (AvgIpc) is 2.35. The third-order valence-electron chi connectivity index (χ3n) is 2.18. The van der Waals surface area contributed by atoms with E-state index >= 15 is 0 Å². The number of nitrogens with one attached hydrogen (secondary N) is 1. The second kappa shape index (κ2) is 5.93. The molecule has 0 aliphatic heterocycles. The van der Waals surface area contributed by atoms with Gasteiger partial charge in [-0.25, -0.2) is 0 Å². The maximum atomic E-state index is 8.63. The van der Waals surface area contributed by atoms with Crippen molar-refractivity contribution in [3.8, 4) is 17.9 Å². The lowest BCUT2D eigenvalue weighted by atomic mass is 10.2. The minimum absolute atomic E-state index is 0.00595. The Kier molecular flexibility index (Phi) is 4.56. The zero-order valence-electron chi connectivity index (χ0n) is 9.41. The fraction of sp³-hybridized carbons (Fsp3) is 0.167. The highest BCUT2D eigenvalue weighted by Crippen LogP contribution is 2.33. The molecule has 0 saturated heterocycles. The third kappa shape index (κ3) is 2.99. The molecule has 0 atom stereocenters. The largest absolute Gasteiger partial charge is 0.495 e. The zero-order valence-corrected chi connectivity index (χ0v) is 11.0. The molecule has 0 fully saturated rings. The van der Waals surface area contributed by atoms with E-state index in [9.17, 15) is 0 Å². The molecule has 17 heavy (non-hydrogen) atoms. The zero-order chi connectivity index (χ0) is 12.8. The summed E-state index contributed by atoms with van der Waals surface area (Å²) in [6.07, 6.45) is 1.36. The van der Waals surface area contributed by atoms with Gasteiger partial charge in [-0.15, -0.1) is 0 Å². The van der Waals surface area contributed by atoms with Gasteiger partial charge in [-0.1, -0.05) is 15.9 Å². The predicted molar refractivity (Wildman–Crippen MR) is 68.4 cm³/mol. The molecule has 5 heteroatoms. The van der Waals surface area contributed by atoms with Crippen LogP contribution in [0.3, 0.4) is 0 Å². The highest BCUT2D eigenvalue weighted by molar-refractivity contribution is 9.10. The first kappa shape index (κ1) is 13.1. The lowest BCUT2D eigenvalue weighted by Crippen LogP contribution is -1.97.